The number of thiophene rings is 1. The molecule has 2 aromatic carbocycles. The van der Waals surface area contributed by atoms with Crippen molar-refractivity contribution in [1.82, 2.24) is 14.9 Å². The summed E-state index contributed by atoms with van der Waals surface area (Å²) in [7, 11) is 0. The van der Waals surface area contributed by atoms with Gasteiger partial charge in [0.25, 0.3) is 5.91 Å². The van der Waals surface area contributed by atoms with Crippen LogP contribution in [-0.2, 0) is 6.54 Å². The first-order valence-corrected chi connectivity index (χ1v) is 10.4. The predicted molar refractivity (Wildman–Crippen MR) is 120 cm³/mol. The first-order chi connectivity index (χ1) is 14.3. The van der Waals surface area contributed by atoms with Crippen molar-refractivity contribution in [2.24, 2.45) is 0 Å². The molecule has 4 aromatic rings. The van der Waals surface area contributed by atoms with E-state index in [4.69, 9.17) is 0 Å². The molecule has 1 radical (unpaired) electrons. The summed E-state index contributed by atoms with van der Waals surface area (Å²) in [5.74, 6) is 0.774. The lowest BCUT2D eigenvalue weighted by Crippen LogP contribution is -2.31. The molecule has 145 valence electrons. The number of carbonyl (C=O) groups excluding carboxylic acids is 1. The summed E-state index contributed by atoms with van der Waals surface area (Å²) < 4.78 is 0. The van der Waals surface area contributed by atoms with Crippen LogP contribution in [-0.4, -0.2) is 27.3 Å². The van der Waals surface area contributed by atoms with E-state index in [-0.39, 0.29) is 5.91 Å². The van der Waals surface area contributed by atoms with Gasteiger partial charge in [-0.15, -0.1) is 11.3 Å². The normalized spacial score (nSPS) is 11.3. The molecule has 4 nitrogen and oxygen atoms in total. The number of aromatic amines is 1. The number of fused-ring (bicyclic) bond motifs is 1. The lowest BCUT2D eigenvalue weighted by Gasteiger charge is -2.22. The van der Waals surface area contributed by atoms with Crippen molar-refractivity contribution in [2.75, 3.05) is 6.54 Å². The Labute approximate surface area is 174 Å². The van der Waals surface area contributed by atoms with Crippen LogP contribution in [0.4, 0.5) is 0 Å². The summed E-state index contributed by atoms with van der Waals surface area (Å²) >= 11 is 1.62. The molecule has 29 heavy (non-hydrogen) atoms. The molecular formula is C24H22N3OS. The Bertz CT molecular complexity index is 1110. The van der Waals surface area contributed by atoms with Crippen LogP contribution < -0.4 is 0 Å². The van der Waals surface area contributed by atoms with Crippen LogP contribution in [0.3, 0.4) is 0 Å². The molecule has 0 aliphatic carbocycles. The lowest BCUT2D eigenvalue weighted by atomic mass is 10.1. The van der Waals surface area contributed by atoms with Crippen LogP contribution >= 0.6 is 11.3 Å². The third-order valence-corrected chi connectivity index (χ3v) is 5.54. The van der Waals surface area contributed by atoms with Crippen LogP contribution in [0.15, 0.2) is 78.2 Å². The number of hydrogen-bond acceptors (Lipinski definition) is 3. The van der Waals surface area contributed by atoms with Crippen LogP contribution in [0.1, 0.15) is 22.3 Å². The van der Waals surface area contributed by atoms with Crippen LogP contribution in [0, 0.1) is 6.92 Å². The molecular weight excluding hydrogens is 378 g/mol. The van der Waals surface area contributed by atoms with E-state index in [0.29, 0.717) is 25.1 Å². The molecule has 1 amide bonds. The highest BCUT2D eigenvalue weighted by Crippen LogP contribution is 2.27. The highest BCUT2D eigenvalue weighted by Gasteiger charge is 2.20. The summed E-state index contributed by atoms with van der Waals surface area (Å²) in [6, 6.07) is 19.8. The fourth-order valence-corrected chi connectivity index (χ4v) is 3.92. The van der Waals surface area contributed by atoms with Crippen molar-refractivity contribution in [2.45, 2.75) is 13.0 Å². The first-order valence-electron chi connectivity index (χ1n) is 9.56. The number of imidazole rings is 1. The fourth-order valence-electron chi connectivity index (χ4n) is 3.25. The number of allylic oxidation sites excluding steroid dienone is 1. The van der Waals surface area contributed by atoms with E-state index in [1.54, 1.807) is 11.3 Å². The van der Waals surface area contributed by atoms with Crippen molar-refractivity contribution >= 4 is 28.3 Å². The van der Waals surface area contributed by atoms with E-state index in [9.17, 15) is 4.79 Å². The average Bonchev–Trinajstić information content (AvgIpc) is 3.42. The number of nitrogens with one attached hydrogen (secondary N) is 1. The molecule has 0 fully saturated rings. The van der Waals surface area contributed by atoms with Crippen molar-refractivity contribution in [3.63, 3.8) is 0 Å². The highest BCUT2D eigenvalue weighted by atomic mass is 32.1. The second kappa shape index (κ2) is 8.88. The number of benzene rings is 2. The number of amides is 1. The van der Waals surface area contributed by atoms with Gasteiger partial charge in [0.1, 0.15) is 5.82 Å². The van der Waals surface area contributed by atoms with E-state index < -0.39 is 0 Å². The van der Waals surface area contributed by atoms with Crippen molar-refractivity contribution in [1.29, 1.82) is 0 Å². The van der Waals surface area contributed by atoms with Gasteiger partial charge < -0.3 is 9.88 Å². The van der Waals surface area contributed by atoms with E-state index in [0.717, 1.165) is 27.3 Å². The molecule has 1 N–H and O–H groups in total. The summed E-state index contributed by atoms with van der Waals surface area (Å²) in [6.07, 6.45) is 4.68. The Morgan fingerprint density at radius 3 is 2.69 bits per heavy atom. The Morgan fingerprint density at radius 1 is 1.07 bits per heavy atom. The van der Waals surface area contributed by atoms with E-state index in [2.05, 4.69) is 16.9 Å². The molecule has 0 saturated carbocycles. The largest absolute Gasteiger partial charge is 0.337 e. The third-order valence-electron chi connectivity index (χ3n) is 4.67. The first kappa shape index (κ1) is 19.2. The minimum atomic E-state index is -0.0189. The third kappa shape index (κ3) is 4.30. The minimum absolute atomic E-state index is 0.0189. The van der Waals surface area contributed by atoms with Crippen molar-refractivity contribution in [3.05, 3.63) is 96.2 Å². The van der Waals surface area contributed by atoms with Gasteiger partial charge in [-0.2, -0.15) is 0 Å². The second-order valence-corrected chi connectivity index (χ2v) is 7.64. The number of rotatable bonds is 7. The van der Waals surface area contributed by atoms with Gasteiger partial charge in [-0.1, -0.05) is 54.6 Å². The van der Waals surface area contributed by atoms with Crippen LogP contribution in [0.25, 0.3) is 21.7 Å². The van der Waals surface area contributed by atoms with Crippen molar-refractivity contribution in [3.8, 4) is 10.7 Å². The van der Waals surface area contributed by atoms with E-state index in [1.807, 2.05) is 83.1 Å². The highest BCUT2D eigenvalue weighted by molar-refractivity contribution is 7.13. The average molecular weight is 401 g/mol. The van der Waals surface area contributed by atoms with Gasteiger partial charge in [0.2, 0.25) is 0 Å². The molecule has 0 aliphatic heterocycles. The molecule has 0 bridgehead atoms. The minimum Gasteiger partial charge on any atom is -0.337 e. The number of aromatic nitrogens is 2. The smallest absolute Gasteiger partial charge is 0.256 e. The Kier molecular flexibility index (Phi) is 5.86. The van der Waals surface area contributed by atoms with Gasteiger partial charge in [0.05, 0.1) is 21.5 Å². The lowest BCUT2D eigenvalue weighted by molar-refractivity contribution is 0.0764. The number of nitrogens with zero attached hydrogens (tertiary/aromatic N) is 2. The van der Waals surface area contributed by atoms with Crippen molar-refractivity contribution < 1.29 is 4.79 Å². The molecule has 0 aliphatic rings. The topological polar surface area (TPSA) is 49.0 Å². The number of hydrogen-bond donors (Lipinski definition) is 1. The van der Waals surface area contributed by atoms with E-state index >= 15 is 0 Å². The molecule has 2 aromatic heterocycles. The predicted octanol–water partition coefficient (Wildman–Crippen LogP) is 5.71. The molecule has 5 heteroatoms. The zero-order chi connectivity index (χ0) is 20.1. The summed E-state index contributed by atoms with van der Waals surface area (Å²) in [6.45, 7) is 4.91. The van der Waals surface area contributed by atoms with Gasteiger partial charge in [-0.25, -0.2) is 4.98 Å². The zero-order valence-electron chi connectivity index (χ0n) is 16.0. The quantitative estimate of drug-likeness (QED) is 0.404. The maximum absolute atomic E-state index is 13.5. The zero-order valence-corrected chi connectivity index (χ0v) is 16.9. The number of para-hydroxylation sites is 1. The standard InChI is InChI=1S/C24H22N3OS/c1-2-3-7-15-27(17-18-10-5-4-6-11-18)24(28)19-12-8-13-20-22(19)26-23(25-20)21-14-9-16-29-21/h3-14,16H,1-2,15,17H2,(H,25,26)/b7-3+. The molecule has 0 spiro atoms. The monoisotopic (exact) mass is 400 g/mol. The summed E-state index contributed by atoms with van der Waals surface area (Å²) in [4.78, 5) is 24.4. The fraction of sp³-hybridized carbons (Fsp3) is 0.125. The molecule has 4 rings (SSSR count). The van der Waals surface area contributed by atoms with Gasteiger partial charge in [-0.05, 0) is 42.5 Å². The van der Waals surface area contributed by atoms with Gasteiger partial charge >= 0.3 is 0 Å². The molecule has 2 heterocycles. The van der Waals surface area contributed by atoms with E-state index in [1.165, 1.54) is 0 Å². The maximum atomic E-state index is 13.5. The Morgan fingerprint density at radius 2 is 1.93 bits per heavy atom. The summed E-state index contributed by atoms with van der Waals surface area (Å²) in [5, 5.41) is 2.02. The number of H-pyrrole nitrogens is 1. The summed E-state index contributed by atoms with van der Waals surface area (Å²) in [5.41, 5.74) is 3.31. The van der Waals surface area contributed by atoms with Gasteiger partial charge in [-0.3, -0.25) is 4.79 Å². The SMILES string of the molecule is [CH2]C/C=C/CN(Cc1ccccc1)C(=O)c1cccc2nc(-c3cccs3)[nH]c12. The van der Waals surface area contributed by atoms with Crippen LogP contribution in [0.2, 0.25) is 0 Å². The second-order valence-electron chi connectivity index (χ2n) is 6.69. The van der Waals surface area contributed by atoms with Gasteiger partial charge in [0.15, 0.2) is 0 Å². The van der Waals surface area contributed by atoms with Gasteiger partial charge in [0, 0.05) is 13.1 Å². The maximum Gasteiger partial charge on any atom is 0.256 e. The molecule has 0 saturated heterocycles. The Hall–Kier alpha value is -3.18. The Balaban J connectivity index is 1.69. The molecule has 0 unspecified atom stereocenters. The van der Waals surface area contributed by atoms with Crippen LogP contribution in [0.5, 0.6) is 0 Å². The molecule has 0 atom stereocenters. The number of carbonyl (C=O) groups is 1.